The lowest BCUT2D eigenvalue weighted by molar-refractivity contribution is 0.258. The number of halogens is 1. The minimum absolute atomic E-state index is 0.363. The van der Waals surface area contributed by atoms with Gasteiger partial charge in [-0.1, -0.05) is 24.1 Å². The van der Waals surface area contributed by atoms with Crippen molar-refractivity contribution >= 4 is 11.6 Å². The summed E-state index contributed by atoms with van der Waals surface area (Å²) in [5, 5.41) is 4.16. The third-order valence-electron chi connectivity index (χ3n) is 2.68. The molecule has 1 rings (SSSR count). The minimum atomic E-state index is 0.363. The van der Waals surface area contributed by atoms with E-state index in [1.165, 1.54) is 5.57 Å². The number of nitrogens with one attached hydrogen (secondary N) is 1. The average Bonchev–Trinajstić information content (AvgIpc) is 2.34. The Morgan fingerprint density at radius 1 is 1.39 bits per heavy atom. The lowest BCUT2D eigenvalue weighted by Gasteiger charge is -2.18. The highest BCUT2D eigenvalue weighted by Gasteiger charge is 2.08. The van der Waals surface area contributed by atoms with E-state index in [0.29, 0.717) is 12.6 Å². The lowest BCUT2D eigenvalue weighted by Crippen LogP contribution is -2.34. The molecule has 0 bridgehead atoms. The quantitative estimate of drug-likeness (QED) is 0.718. The Balaban J connectivity index is 2.40. The summed E-state index contributed by atoms with van der Waals surface area (Å²) in [6.07, 6.45) is 2.08. The van der Waals surface area contributed by atoms with E-state index in [9.17, 15) is 0 Å². The summed E-state index contributed by atoms with van der Waals surface area (Å²) < 4.78 is 5.76. The van der Waals surface area contributed by atoms with Gasteiger partial charge in [-0.15, -0.1) is 6.58 Å². The molecule has 0 saturated heterocycles. The molecule has 0 aliphatic heterocycles. The van der Waals surface area contributed by atoms with Gasteiger partial charge in [-0.05, 0) is 50.6 Å². The topological polar surface area (TPSA) is 21.3 Å². The van der Waals surface area contributed by atoms with Crippen molar-refractivity contribution in [2.24, 2.45) is 0 Å². The first-order valence-electron chi connectivity index (χ1n) is 6.38. The zero-order chi connectivity index (χ0) is 13.4. The zero-order valence-electron chi connectivity index (χ0n) is 11.2. The molecule has 0 aliphatic carbocycles. The Bertz CT molecular complexity index is 361. The molecule has 0 spiro atoms. The molecule has 0 saturated carbocycles. The van der Waals surface area contributed by atoms with Crippen molar-refractivity contribution in [3.05, 3.63) is 41.4 Å². The second-order valence-electron chi connectivity index (χ2n) is 4.52. The second-order valence-corrected chi connectivity index (χ2v) is 4.95. The molecule has 2 nitrogen and oxygen atoms in total. The predicted molar refractivity (Wildman–Crippen MR) is 78.5 cm³/mol. The van der Waals surface area contributed by atoms with E-state index < -0.39 is 0 Å². The Kier molecular flexibility index (Phi) is 6.84. The van der Waals surface area contributed by atoms with E-state index in [-0.39, 0.29) is 0 Å². The van der Waals surface area contributed by atoms with Gasteiger partial charge < -0.3 is 10.1 Å². The van der Waals surface area contributed by atoms with Crippen LogP contribution >= 0.6 is 11.6 Å². The first-order valence-corrected chi connectivity index (χ1v) is 6.75. The van der Waals surface area contributed by atoms with E-state index in [2.05, 4.69) is 25.7 Å². The molecule has 1 atom stereocenters. The maximum absolute atomic E-state index is 5.83. The van der Waals surface area contributed by atoms with Crippen molar-refractivity contribution in [2.45, 2.75) is 32.7 Å². The largest absolute Gasteiger partial charge is 0.492 e. The molecule has 18 heavy (non-hydrogen) atoms. The lowest BCUT2D eigenvalue weighted by atomic mass is 10.1. The summed E-state index contributed by atoms with van der Waals surface area (Å²) in [7, 11) is 0. The first-order chi connectivity index (χ1) is 8.61. The number of benzene rings is 1. The maximum atomic E-state index is 5.83. The summed E-state index contributed by atoms with van der Waals surface area (Å²) in [5.74, 6) is 0.859. The molecule has 0 amide bonds. The molecule has 0 aliphatic rings. The van der Waals surface area contributed by atoms with E-state index in [1.54, 1.807) is 0 Å². The van der Waals surface area contributed by atoms with Gasteiger partial charge in [0.15, 0.2) is 0 Å². The molecular weight excluding hydrogens is 246 g/mol. The summed E-state index contributed by atoms with van der Waals surface area (Å²) in [5.41, 5.74) is 1.21. The highest BCUT2D eigenvalue weighted by Crippen LogP contribution is 2.16. The standard InChI is InChI=1S/C15H22ClNO/c1-4-17-14(8-5-12(2)3)11-18-15-9-6-13(16)7-10-15/h6-7,9-10,14,17H,2,4-5,8,11H2,1,3H3. The molecule has 1 N–H and O–H groups in total. The zero-order valence-corrected chi connectivity index (χ0v) is 12.0. The molecule has 100 valence electrons. The van der Waals surface area contributed by atoms with Crippen LogP contribution in [0.1, 0.15) is 26.7 Å². The van der Waals surface area contributed by atoms with Crippen LogP contribution in [0.3, 0.4) is 0 Å². The van der Waals surface area contributed by atoms with Gasteiger partial charge in [0.1, 0.15) is 12.4 Å². The van der Waals surface area contributed by atoms with Crippen LogP contribution in [0.15, 0.2) is 36.4 Å². The Labute approximate surface area is 115 Å². The van der Waals surface area contributed by atoms with E-state index in [4.69, 9.17) is 16.3 Å². The van der Waals surface area contributed by atoms with Crippen molar-refractivity contribution < 1.29 is 4.74 Å². The normalized spacial score (nSPS) is 12.2. The molecule has 1 unspecified atom stereocenters. The summed E-state index contributed by atoms with van der Waals surface area (Å²) in [4.78, 5) is 0. The monoisotopic (exact) mass is 267 g/mol. The van der Waals surface area contributed by atoms with E-state index in [0.717, 1.165) is 30.2 Å². The maximum Gasteiger partial charge on any atom is 0.119 e. The van der Waals surface area contributed by atoms with Gasteiger partial charge in [0.2, 0.25) is 0 Å². The van der Waals surface area contributed by atoms with Crippen LogP contribution < -0.4 is 10.1 Å². The number of hydrogen-bond acceptors (Lipinski definition) is 2. The van der Waals surface area contributed by atoms with Gasteiger partial charge in [0.05, 0.1) is 0 Å². The van der Waals surface area contributed by atoms with Gasteiger partial charge >= 0.3 is 0 Å². The minimum Gasteiger partial charge on any atom is -0.492 e. The van der Waals surface area contributed by atoms with Gasteiger partial charge in [0, 0.05) is 11.1 Å². The van der Waals surface area contributed by atoms with Crippen molar-refractivity contribution in [3.63, 3.8) is 0 Å². The molecule has 1 aromatic rings. The Hall–Kier alpha value is -0.990. The van der Waals surface area contributed by atoms with Crippen LogP contribution in [0.5, 0.6) is 5.75 Å². The van der Waals surface area contributed by atoms with Crippen molar-refractivity contribution in [3.8, 4) is 5.75 Å². The van der Waals surface area contributed by atoms with Gasteiger partial charge in [-0.3, -0.25) is 0 Å². The van der Waals surface area contributed by atoms with Gasteiger partial charge in [-0.25, -0.2) is 0 Å². The number of hydrogen-bond donors (Lipinski definition) is 1. The molecule has 0 fully saturated rings. The molecule has 0 aromatic heterocycles. The fraction of sp³-hybridized carbons (Fsp3) is 0.467. The number of allylic oxidation sites excluding steroid dienone is 1. The number of ether oxygens (including phenoxy) is 1. The highest BCUT2D eigenvalue weighted by atomic mass is 35.5. The molecule has 0 radical (unpaired) electrons. The third-order valence-corrected chi connectivity index (χ3v) is 2.93. The van der Waals surface area contributed by atoms with Crippen LogP contribution in [0.4, 0.5) is 0 Å². The Morgan fingerprint density at radius 2 is 2.06 bits per heavy atom. The SMILES string of the molecule is C=C(C)CCC(COc1ccc(Cl)cc1)NCC. The average molecular weight is 268 g/mol. The predicted octanol–water partition coefficient (Wildman–Crippen LogP) is 4.05. The molecule has 3 heteroatoms. The first kappa shape index (κ1) is 15.1. The molecule has 1 aromatic carbocycles. The fourth-order valence-electron chi connectivity index (χ4n) is 1.68. The van der Waals surface area contributed by atoms with Crippen LogP contribution in [-0.2, 0) is 0 Å². The van der Waals surface area contributed by atoms with Crippen LogP contribution in [0.25, 0.3) is 0 Å². The van der Waals surface area contributed by atoms with Gasteiger partial charge in [-0.2, -0.15) is 0 Å². The Morgan fingerprint density at radius 3 is 2.61 bits per heavy atom. The van der Waals surface area contributed by atoms with Crippen LogP contribution in [0.2, 0.25) is 5.02 Å². The van der Waals surface area contributed by atoms with Crippen LogP contribution in [-0.4, -0.2) is 19.2 Å². The highest BCUT2D eigenvalue weighted by molar-refractivity contribution is 6.30. The van der Waals surface area contributed by atoms with Crippen molar-refractivity contribution in [2.75, 3.05) is 13.2 Å². The number of rotatable bonds is 8. The van der Waals surface area contributed by atoms with Crippen molar-refractivity contribution in [1.29, 1.82) is 0 Å². The fourth-order valence-corrected chi connectivity index (χ4v) is 1.81. The summed E-state index contributed by atoms with van der Waals surface area (Å²) in [6.45, 7) is 9.72. The van der Waals surface area contributed by atoms with Gasteiger partial charge in [0.25, 0.3) is 0 Å². The summed E-state index contributed by atoms with van der Waals surface area (Å²) >= 11 is 5.83. The molecule has 0 heterocycles. The van der Waals surface area contributed by atoms with Crippen molar-refractivity contribution in [1.82, 2.24) is 5.32 Å². The molecular formula is C15H22ClNO. The van der Waals surface area contributed by atoms with E-state index in [1.807, 2.05) is 24.3 Å². The van der Waals surface area contributed by atoms with Crippen LogP contribution in [0, 0.1) is 0 Å². The van der Waals surface area contributed by atoms with E-state index >= 15 is 0 Å². The number of likely N-dealkylation sites (N-methyl/N-ethyl adjacent to an activating group) is 1. The smallest absolute Gasteiger partial charge is 0.119 e. The summed E-state index contributed by atoms with van der Waals surface area (Å²) in [6, 6.07) is 7.83. The second kappa shape index (κ2) is 8.17. The third kappa shape index (κ3) is 6.08.